The van der Waals surface area contributed by atoms with Crippen LogP contribution >= 0.6 is 0 Å². The normalized spacial score (nSPS) is 8.46. The number of fused-ring (bicyclic) bond motifs is 1. The monoisotopic (exact) mass is 439 g/mol. The Bertz CT molecular complexity index is 673. The van der Waals surface area contributed by atoms with Crippen LogP contribution in [0.3, 0.4) is 0 Å². The Balaban J connectivity index is -0.000000122. The molecule has 1 N–H and O–H groups in total. The molecule has 0 amide bonds. The summed E-state index contributed by atoms with van der Waals surface area (Å²) in [5, 5.41) is 2.65. The molecule has 0 unspecified atom stereocenters. The van der Waals surface area contributed by atoms with Gasteiger partial charge in [0.1, 0.15) is 0 Å². The Labute approximate surface area is 192 Å². The summed E-state index contributed by atoms with van der Waals surface area (Å²) in [6.45, 7) is 5.56. The quantitative estimate of drug-likeness (QED) is 0.391. The molecule has 0 atom stereocenters. The zero-order chi connectivity index (χ0) is 14.6. The third-order valence-corrected chi connectivity index (χ3v) is 2.77. The van der Waals surface area contributed by atoms with Gasteiger partial charge in [-0.1, -0.05) is 62.7 Å². The molecule has 1 nitrogen and oxygen atoms in total. The van der Waals surface area contributed by atoms with E-state index in [9.17, 15) is 0 Å². The van der Waals surface area contributed by atoms with Crippen LogP contribution in [0.5, 0.6) is 0 Å². The van der Waals surface area contributed by atoms with E-state index < -0.39 is 0 Å². The first-order valence-corrected chi connectivity index (χ1v) is 6.90. The van der Waals surface area contributed by atoms with Gasteiger partial charge in [-0.15, -0.1) is 52.2 Å². The number of halogens is 2. The predicted octanol–water partition coefficient (Wildman–Crippen LogP) is 0.588. The maximum atomic E-state index is 6.94. The van der Waals surface area contributed by atoms with Crippen molar-refractivity contribution in [3.05, 3.63) is 87.3 Å². The zero-order valence-electron chi connectivity index (χ0n) is 16.1. The van der Waals surface area contributed by atoms with Gasteiger partial charge in [-0.2, -0.15) is 0 Å². The summed E-state index contributed by atoms with van der Waals surface area (Å²) in [7, 11) is 0. The third-order valence-electron chi connectivity index (χ3n) is 2.77. The number of hydrogen-bond acceptors (Lipinski definition) is 0. The van der Waals surface area contributed by atoms with Crippen LogP contribution in [0.2, 0.25) is 0 Å². The Kier molecular flexibility index (Phi) is 23.4. The molecule has 26 heavy (non-hydrogen) atoms. The molecule has 0 aromatic heterocycles. The van der Waals surface area contributed by atoms with Crippen LogP contribution < -0.4 is 24.8 Å². The summed E-state index contributed by atoms with van der Waals surface area (Å²) >= 11 is 0. The summed E-state index contributed by atoms with van der Waals surface area (Å²) in [5.74, 6) is 0. The molecule has 0 aliphatic carbocycles. The second-order valence-corrected chi connectivity index (χ2v) is 5.95. The van der Waals surface area contributed by atoms with E-state index in [1.54, 1.807) is 0 Å². The summed E-state index contributed by atoms with van der Waals surface area (Å²) < 4.78 is 0. The van der Waals surface area contributed by atoms with Crippen LogP contribution in [-0.2, 0) is 21.7 Å². The average Bonchev–Trinajstić information content (AvgIpc) is 2.81. The molecule has 4 radical (unpaired) electrons. The number of rotatable bonds is 1. The van der Waals surface area contributed by atoms with E-state index in [0.717, 1.165) is 0 Å². The molecule has 0 bridgehead atoms. The fourth-order valence-electron chi connectivity index (χ4n) is 2.02. The second kappa shape index (κ2) is 16.7. The summed E-state index contributed by atoms with van der Waals surface area (Å²) in [6.07, 6.45) is 0. The first-order valence-electron chi connectivity index (χ1n) is 6.90. The summed E-state index contributed by atoms with van der Waals surface area (Å²) in [6, 6.07) is 23.4. The van der Waals surface area contributed by atoms with E-state index in [2.05, 4.69) is 66.7 Å². The molecule has 0 aliphatic heterocycles. The van der Waals surface area contributed by atoms with E-state index in [1.807, 2.05) is 20.8 Å². The molecule has 0 heterocycles. The standard InChI is InChI=1S/C15H11.C4H10N.2CH3.2ClH.Si.Ti/c1-2-6-12(7-3-1)15-11-10-13-8-4-5-9-14(13)15;1-4(2,3)5;;;;;;/h1-11H;5H,1-3H3;2*1H3;2*1H;;/q4*-1;;;;+2/p-2. The third kappa shape index (κ3) is 12.0. The molecule has 0 spiro atoms. The van der Waals surface area contributed by atoms with Crippen molar-refractivity contribution in [1.82, 2.24) is 0 Å². The minimum absolute atomic E-state index is 0. The first-order chi connectivity index (χ1) is 9.45. The van der Waals surface area contributed by atoms with Crippen LogP contribution in [0.1, 0.15) is 20.8 Å². The van der Waals surface area contributed by atoms with Gasteiger partial charge in [-0.05, 0) is 0 Å². The predicted molar refractivity (Wildman–Crippen MR) is 108 cm³/mol. The van der Waals surface area contributed by atoms with Crippen molar-refractivity contribution in [3.63, 3.8) is 0 Å². The van der Waals surface area contributed by atoms with Crippen LogP contribution in [0.25, 0.3) is 27.6 Å². The molecule has 5 heteroatoms. The van der Waals surface area contributed by atoms with Gasteiger partial charge in [0.05, 0.1) is 0 Å². The van der Waals surface area contributed by atoms with Crippen molar-refractivity contribution in [2.24, 2.45) is 0 Å². The van der Waals surface area contributed by atoms with Gasteiger partial charge in [0.15, 0.2) is 0 Å². The van der Waals surface area contributed by atoms with Gasteiger partial charge >= 0.3 is 21.7 Å². The molecular weight excluding hydrogens is 413 g/mol. The molecule has 0 saturated heterocycles. The molecular formula is C21H27Cl2NSiTi-4. The van der Waals surface area contributed by atoms with Crippen molar-refractivity contribution in [2.75, 3.05) is 0 Å². The first kappa shape index (κ1) is 36.4. The zero-order valence-corrected chi connectivity index (χ0v) is 20.2. The van der Waals surface area contributed by atoms with Gasteiger partial charge in [0.25, 0.3) is 0 Å². The van der Waals surface area contributed by atoms with Gasteiger partial charge in [0.2, 0.25) is 0 Å². The largest absolute Gasteiger partial charge is 2.00 e. The van der Waals surface area contributed by atoms with E-state index in [1.165, 1.54) is 21.9 Å². The van der Waals surface area contributed by atoms with Crippen LogP contribution in [-0.4, -0.2) is 16.5 Å². The van der Waals surface area contributed by atoms with Crippen molar-refractivity contribution < 1.29 is 46.5 Å². The molecule has 0 saturated carbocycles. The maximum absolute atomic E-state index is 6.94. The fourth-order valence-corrected chi connectivity index (χ4v) is 2.02. The fraction of sp³-hybridized carbons (Fsp3) is 0.190. The molecule has 0 aliphatic rings. The summed E-state index contributed by atoms with van der Waals surface area (Å²) in [5.41, 5.74) is 9.30. The number of benzene rings is 2. The molecule has 3 aromatic carbocycles. The molecule has 3 rings (SSSR count). The Morgan fingerprint density at radius 1 is 0.808 bits per heavy atom. The average molecular weight is 440 g/mol. The Hall–Kier alpha value is -0.479. The minimum Gasteiger partial charge on any atom is -1.00 e. The van der Waals surface area contributed by atoms with E-state index in [4.69, 9.17) is 5.73 Å². The van der Waals surface area contributed by atoms with E-state index in [-0.39, 0.29) is 77.9 Å². The van der Waals surface area contributed by atoms with E-state index in [0.29, 0.717) is 0 Å². The van der Waals surface area contributed by atoms with Crippen LogP contribution in [0, 0.1) is 14.9 Å². The van der Waals surface area contributed by atoms with Gasteiger partial charge < -0.3 is 45.4 Å². The number of hydrogen-bond donors (Lipinski definition) is 0. The van der Waals surface area contributed by atoms with Gasteiger partial charge in [0, 0.05) is 11.0 Å². The topological polar surface area (TPSA) is 23.8 Å². The Morgan fingerprint density at radius 2 is 1.23 bits per heavy atom. The summed E-state index contributed by atoms with van der Waals surface area (Å²) in [4.78, 5) is 0. The number of nitrogens with one attached hydrogen (secondary N) is 1. The van der Waals surface area contributed by atoms with Gasteiger partial charge in [-0.3, -0.25) is 0 Å². The van der Waals surface area contributed by atoms with Crippen molar-refractivity contribution in [2.45, 2.75) is 26.3 Å². The molecule has 3 aromatic rings. The van der Waals surface area contributed by atoms with Crippen molar-refractivity contribution in [3.8, 4) is 11.1 Å². The molecule has 142 valence electrons. The second-order valence-electron chi connectivity index (χ2n) is 5.95. The SMILES string of the molecule is CC(C)(C)[NH-].[CH3-].[CH3-].[Cl-].[Cl-].[Si].[Ti+2].c1ccc(-c2c[cH-]c3ccccc23)cc1. The van der Waals surface area contributed by atoms with Crippen molar-refractivity contribution in [1.29, 1.82) is 0 Å². The minimum atomic E-state index is -0.250. The van der Waals surface area contributed by atoms with Gasteiger partial charge in [-0.25, -0.2) is 0 Å². The smallest absolute Gasteiger partial charge is 1.00 e. The molecule has 0 fully saturated rings. The van der Waals surface area contributed by atoms with Crippen LogP contribution in [0.15, 0.2) is 66.7 Å². The Morgan fingerprint density at radius 3 is 1.73 bits per heavy atom. The maximum Gasteiger partial charge on any atom is 2.00 e. The van der Waals surface area contributed by atoms with Crippen LogP contribution in [0.4, 0.5) is 0 Å². The van der Waals surface area contributed by atoms with E-state index >= 15 is 0 Å². The van der Waals surface area contributed by atoms with Crippen molar-refractivity contribution >= 4 is 21.7 Å².